The average molecular weight is 359 g/mol. The highest BCUT2D eigenvalue weighted by atomic mass is 32.2. The van der Waals surface area contributed by atoms with Crippen molar-refractivity contribution in [3.05, 3.63) is 0 Å². The summed E-state index contributed by atoms with van der Waals surface area (Å²) in [5.74, 6) is 1.60. The summed E-state index contributed by atoms with van der Waals surface area (Å²) in [7, 11) is 0. The summed E-state index contributed by atoms with van der Waals surface area (Å²) in [5.41, 5.74) is 0.815. The zero-order valence-corrected chi connectivity index (χ0v) is 17.8. The van der Waals surface area contributed by atoms with Crippen LogP contribution >= 0.6 is 24.1 Å². The first-order chi connectivity index (χ1) is 10.7. The van der Waals surface area contributed by atoms with Gasteiger partial charge in [-0.1, -0.05) is 67.2 Å². The molecule has 0 saturated heterocycles. The minimum atomic E-state index is 0.408. The summed E-state index contributed by atoms with van der Waals surface area (Å²) < 4.78 is 6.20. The molecule has 23 heavy (non-hydrogen) atoms. The molecule has 0 aromatic heterocycles. The molecule has 2 saturated carbocycles. The second kappa shape index (κ2) is 8.36. The molecular formula is C20H38OS2. The van der Waals surface area contributed by atoms with E-state index >= 15 is 0 Å². The molecule has 2 aliphatic rings. The monoisotopic (exact) mass is 358 g/mol. The molecule has 0 spiro atoms. The summed E-state index contributed by atoms with van der Waals surface area (Å²) in [6, 6.07) is 0. The van der Waals surface area contributed by atoms with Gasteiger partial charge in [0.2, 0.25) is 0 Å². The van der Waals surface area contributed by atoms with Crippen LogP contribution in [-0.2, 0) is 3.63 Å². The highest BCUT2D eigenvalue weighted by Gasteiger charge is 2.37. The van der Waals surface area contributed by atoms with Gasteiger partial charge in [0.1, 0.15) is 0 Å². The predicted molar refractivity (Wildman–Crippen MR) is 107 cm³/mol. The maximum Gasteiger partial charge on any atom is 0.0357 e. The van der Waals surface area contributed by atoms with E-state index in [-0.39, 0.29) is 0 Å². The summed E-state index contributed by atoms with van der Waals surface area (Å²) in [6.07, 6.45) is 11.0. The molecule has 2 rings (SSSR count). The van der Waals surface area contributed by atoms with Gasteiger partial charge in [0.15, 0.2) is 0 Å². The van der Waals surface area contributed by atoms with Crippen molar-refractivity contribution in [2.24, 2.45) is 22.7 Å². The summed E-state index contributed by atoms with van der Waals surface area (Å²) in [6.45, 7) is 14.4. The van der Waals surface area contributed by atoms with E-state index in [1.54, 1.807) is 24.1 Å². The largest absolute Gasteiger partial charge is 0.247 e. The Morgan fingerprint density at radius 2 is 0.957 bits per heavy atom. The zero-order valence-electron chi connectivity index (χ0n) is 16.2. The topological polar surface area (TPSA) is 9.23 Å². The summed E-state index contributed by atoms with van der Waals surface area (Å²) >= 11 is 3.60. The van der Waals surface area contributed by atoms with Crippen LogP contribution in [0.25, 0.3) is 0 Å². The lowest BCUT2D eigenvalue weighted by Gasteiger charge is -2.41. The van der Waals surface area contributed by atoms with E-state index in [2.05, 4.69) is 41.5 Å². The summed E-state index contributed by atoms with van der Waals surface area (Å²) in [5, 5.41) is 1.38. The Morgan fingerprint density at radius 3 is 1.30 bits per heavy atom. The van der Waals surface area contributed by atoms with Crippen molar-refractivity contribution in [2.75, 3.05) is 0 Å². The predicted octanol–water partition coefficient (Wildman–Crippen LogP) is 7.51. The van der Waals surface area contributed by atoms with Gasteiger partial charge in [0.05, 0.1) is 0 Å². The second-order valence-electron chi connectivity index (χ2n) is 9.85. The molecule has 2 aliphatic carbocycles. The van der Waals surface area contributed by atoms with Gasteiger partial charge >= 0.3 is 0 Å². The molecule has 0 aromatic carbocycles. The molecule has 4 unspecified atom stereocenters. The van der Waals surface area contributed by atoms with E-state index in [0.717, 1.165) is 11.8 Å². The Hall–Kier alpha value is 0.660. The number of rotatable bonds is 4. The quantitative estimate of drug-likeness (QED) is 0.481. The third-order valence-corrected chi connectivity index (χ3v) is 8.21. The Balaban J connectivity index is 1.85. The summed E-state index contributed by atoms with van der Waals surface area (Å²) in [4.78, 5) is 0. The SMILES string of the molecule is CC(C)(C)C1CCCCC1SOSC1CCCCC1C(C)(C)C. The van der Waals surface area contributed by atoms with E-state index in [9.17, 15) is 0 Å². The van der Waals surface area contributed by atoms with Crippen LogP contribution in [0.2, 0.25) is 0 Å². The lowest BCUT2D eigenvalue weighted by Crippen LogP contribution is -2.34. The van der Waals surface area contributed by atoms with Crippen molar-refractivity contribution in [1.82, 2.24) is 0 Å². The Kier molecular flexibility index (Phi) is 7.26. The second-order valence-corrected chi connectivity index (χ2v) is 12.0. The molecule has 0 amide bonds. The van der Waals surface area contributed by atoms with E-state index in [4.69, 9.17) is 3.63 Å². The van der Waals surface area contributed by atoms with Gasteiger partial charge in [-0.2, -0.15) is 0 Å². The highest BCUT2D eigenvalue weighted by Crippen LogP contribution is 2.48. The molecule has 136 valence electrons. The average Bonchev–Trinajstić information content (AvgIpc) is 2.46. The molecular weight excluding hydrogens is 320 g/mol. The van der Waals surface area contributed by atoms with Crippen LogP contribution in [0.5, 0.6) is 0 Å². The molecule has 0 aliphatic heterocycles. The van der Waals surface area contributed by atoms with Crippen LogP contribution in [0.3, 0.4) is 0 Å². The third-order valence-electron chi connectivity index (χ3n) is 5.96. The van der Waals surface area contributed by atoms with Gasteiger partial charge in [0.25, 0.3) is 0 Å². The van der Waals surface area contributed by atoms with E-state index in [1.165, 1.54) is 51.4 Å². The fraction of sp³-hybridized carbons (Fsp3) is 1.00. The van der Waals surface area contributed by atoms with Gasteiger partial charge in [0, 0.05) is 34.6 Å². The van der Waals surface area contributed by atoms with Gasteiger partial charge < -0.3 is 0 Å². The van der Waals surface area contributed by atoms with Crippen molar-refractivity contribution in [1.29, 1.82) is 0 Å². The molecule has 0 bridgehead atoms. The first-order valence-electron chi connectivity index (χ1n) is 9.68. The third kappa shape index (κ3) is 5.85. The molecule has 0 radical (unpaired) electrons. The Morgan fingerprint density at radius 1 is 0.609 bits per heavy atom. The van der Waals surface area contributed by atoms with Crippen molar-refractivity contribution in [2.45, 2.75) is 103 Å². The minimum Gasteiger partial charge on any atom is -0.247 e. The van der Waals surface area contributed by atoms with Gasteiger partial charge in [-0.15, -0.1) is 0 Å². The van der Waals surface area contributed by atoms with E-state index in [1.807, 2.05) is 0 Å². The van der Waals surface area contributed by atoms with Crippen LogP contribution in [0.1, 0.15) is 92.9 Å². The fourth-order valence-electron chi connectivity index (χ4n) is 4.53. The van der Waals surface area contributed by atoms with Crippen LogP contribution in [0.4, 0.5) is 0 Å². The molecule has 2 fully saturated rings. The Bertz CT molecular complexity index is 322. The molecule has 0 N–H and O–H groups in total. The molecule has 0 aromatic rings. The van der Waals surface area contributed by atoms with Crippen LogP contribution < -0.4 is 0 Å². The Labute approximate surface area is 153 Å². The highest BCUT2D eigenvalue weighted by molar-refractivity contribution is 8.08. The first kappa shape index (κ1) is 20.0. The maximum absolute atomic E-state index is 6.20. The van der Waals surface area contributed by atoms with E-state index < -0.39 is 0 Å². The minimum absolute atomic E-state index is 0.408. The van der Waals surface area contributed by atoms with Crippen LogP contribution in [0, 0.1) is 22.7 Å². The number of hydrogen-bond acceptors (Lipinski definition) is 3. The molecule has 1 nitrogen and oxygen atoms in total. The van der Waals surface area contributed by atoms with Gasteiger partial charge in [-0.05, 0) is 48.3 Å². The van der Waals surface area contributed by atoms with Crippen molar-refractivity contribution < 1.29 is 3.63 Å². The molecule has 3 heteroatoms. The lowest BCUT2D eigenvalue weighted by molar-refractivity contribution is 0.183. The van der Waals surface area contributed by atoms with Crippen LogP contribution in [0.15, 0.2) is 0 Å². The first-order valence-corrected chi connectivity index (χ1v) is 11.3. The van der Waals surface area contributed by atoms with Crippen LogP contribution in [-0.4, -0.2) is 10.5 Å². The normalized spacial score (nSPS) is 33.7. The van der Waals surface area contributed by atoms with Crippen molar-refractivity contribution >= 4 is 24.1 Å². The molecule has 4 atom stereocenters. The molecule has 0 heterocycles. The van der Waals surface area contributed by atoms with E-state index in [0.29, 0.717) is 21.3 Å². The zero-order chi connectivity index (χ0) is 17.1. The van der Waals surface area contributed by atoms with Crippen molar-refractivity contribution in [3.8, 4) is 0 Å². The standard InChI is InChI=1S/C20H38OS2/c1-19(2,3)15-11-7-9-13-17(15)22-21-23-18-14-10-8-12-16(18)20(4,5)6/h15-18H,7-14H2,1-6H3. The van der Waals surface area contributed by atoms with Crippen molar-refractivity contribution in [3.63, 3.8) is 0 Å². The lowest BCUT2D eigenvalue weighted by atomic mass is 9.72. The number of hydrogen-bond donors (Lipinski definition) is 0. The smallest absolute Gasteiger partial charge is 0.0357 e. The van der Waals surface area contributed by atoms with Gasteiger partial charge in [-0.25, -0.2) is 3.63 Å². The van der Waals surface area contributed by atoms with Gasteiger partial charge in [-0.3, -0.25) is 0 Å². The fourth-order valence-corrected chi connectivity index (χ4v) is 7.40. The maximum atomic E-state index is 6.20.